The highest BCUT2D eigenvalue weighted by molar-refractivity contribution is 6.25. The van der Waals surface area contributed by atoms with Crippen LogP contribution in [0.5, 0.6) is 11.5 Å². The van der Waals surface area contributed by atoms with Gasteiger partial charge < -0.3 is 9.84 Å². The molecule has 7 rings (SSSR count). The van der Waals surface area contributed by atoms with E-state index in [4.69, 9.17) is 4.74 Å². The number of phenolic OH excluding ortho intramolecular Hbond substituents is 1. The van der Waals surface area contributed by atoms with E-state index in [1.165, 1.54) is 30.2 Å². The van der Waals surface area contributed by atoms with E-state index in [0.29, 0.717) is 51.3 Å². The average Bonchev–Trinajstić information content (AvgIpc) is 3.32. The molecule has 0 bridgehead atoms. The third-order valence-corrected chi connectivity index (χ3v) is 9.52. The molecule has 45 heavy (non-hydrogen) atoms. The number of phenols is 1. The van der Waals surface area contributed by atoms with Crippen molar-refractivity contribution in [2.24, 2.45) is 17.8 Å². The standard InChI is InChI=1S/C37H29NO7/c1-19-16-29(40)28-18-27-24(31(33(28)34(19)41)25-13-12-23(39)17-30(25)45-2)14-15-26-32(27)37(44)38(36(26)43)22-10-8-21(9-11-22)35(42)20-6-4-3-5-7-20/h3-14,16-17,26-27,31-32,39H,15,18H2,1-2H3/t26-,27+,31+,32-/m0/s1. The molecule has 4 aliphatic rings. The highest BCUT2D eigenvalue weighted by Gasteiger charge is 2.56. The van der Waals surface area contributed by atoms with Crippen molar-refractivity contribution in [1.82, 2.24) is 0 Å². The maximum Gasteiger partial charge on any atom is 0.238 e. The number of benzene rings is 3. The quantitative estimate of drug-likeness (QED) is 0.184. The highest BCUT2D eigenvalue weighted by Crippen LogP contribution is 2.56. The SMILES string of the molecule is COc1cc(O)ccc1[C@H]1C2=CC[C@@H]3C(=O)N(c4ccc(C(=O)c5ccccc5)cc4)C(=O)[C@@H]3[C@@H]2CC2=C1C(=O)C(C)=CC2=O. The van der Waals surface area contributed by atoms with Gasteiger partial charge >= 0.3 is 0 Å². The lowest BCUT2D eigenvalue weighted by Gasteiger charge is -2.42. The number of ketones is 3. The largest absolute Gasteiger partial charge is 0.508 e. The number of nitrogens with zero attached hydrogens (tertiary/aromatic N) is 1. The van der Waals surface area contributed by atoms with Crippen LogP contribution in [0.1, 0.15) is 47.2 Å². The van der Waals surface area contributed by atoms with Crippen molar-refractivity contribution < 1.29 is 33.8 Å². The summed E-state index contributed by atoms with van der Waals surface area (Å²) in [6.45, 7) is 1.61. The van der Waals surface area contributed by atoms with Gasteiger partial charge in [0.2, 0.25) is 11.8 Å². The topological polar surface area (TPSA) is 118 Å². The van der Waals surface area contributed by atoms with Crippen molar-refractivity contribution in [2.45, 2.75) is 25.7 Å². The van der Waals surface area contributed by atoms with Crippen LogP contribution in [0.2, 0.25) is 0 Å². The summed E-state index contributed by atoms with van der Waals surface area (Å²) in [7, 11) is 1.47. The summed E-state index contributed by atoms with van der Waals surface area (Å²) in [5.41, 5.74) is 3.78. The summed E-state index contributed by atoms with van der Waals surface area (Å²) in [4.78, 5) is 69.1. The first-order chi connectivity index (χ1) is 21.7. The summed E-state index contributed by atoms with van der Waals surface area (Å²) in [6, 6.07) is 20.0. The number of ether oxygens (including phenoxy) is 1. The Labute approximate surface area is 259 Å². The van der Waals surface area contributed by atoms with Gasteiger partial charge in [-0.2, -0.15) is 0 Å². The molecule has 0 unspecified atom stereocenters. The number of amides is 2. The predicted octanol–water partition coefficient (Wildman–Crippen LogP) is 5.27. The van der Waals surface area contributed by atoms with E-state index in [2.05, 4.69) is 0 Å². The number of rotatable bonds is 5. The molecule has 1 N–H and O–H groups in total. The van der Waals surface area contributed by atoms with E-state index in [1.807, 2.05) is 12.1 Å². The molecular weight excluding hydrogens is 570 g/mol. The van der Waals surface area contributed by atoms with Gasteiger partial charge in [0.25, 0.3) is 0 Å². The summed E-state index contributed by atoms with van der Waals surface area (Å²) in [6.07, 6.45) is 3.73. The minimum absolute atomic E-state index is 0.0133. The van der Waals surface area contributed by atoms with E-state index < -0.39 is 23.7 Å². The maximum absolute atomic E-state index is 14.2. The van der Waals surface area contributed by atoms with Crippen molar-refractivity contribution in [1.29, 1.82) is 0 Å². The van der Waals surface area contributed by atoms with E-state index in [0.717, 1.165) is 5.57 Å². The van der Waals surface area contributed by atoms with Crippen LogP contribution in [0.4, 0.5) is 5.69 Å². The third kappa shape index (κ3) is 4.39. The second kappa shape index (κ2) is 10.7. The molecule has 1 saturated heterocycles. The summed E-state index contributed by atoms with van der Waals surface area (Å²) in [5.74, 6) is -3.61. The smallest absolute Gasteiger partial charge is 0.238 e. The number of fused-ring (bicyclic) bond motifs is 3. The van der Waals surface area contributed by atoms with E-state index >= 15 is 0 Å². The summed E-state index contributed by atoms with van der Waals surface area (Å²) >= 11 is 0. The second-order valence-corrected chi connectivity index (χ2v) is 11.9. The Morgan fingerprint density at radius 2 is 1.60 bits per heavy atom. The number of anilines is 1. The lowest BCUT2D eigenvalue weighted by molar-refractivity contribution is -0.123. The molecule has 3 aromatic rings. The lowest BCUT2D eigenvalue weighted by atomic mass is 9.59. The fraction of sp³-hybridized carbons (Fsp3) is 0.216. The Morgan fingerprint density at radius 3 is 2.31 bits per heavy atom. The van der Waals surface area contributed by atoms with E-state index in [1.54, 1.807) is 61.5 Å². The van der Waals surface area contributed by atoms with Crippen LogP contribution in [0, 0.1) is 17.8 Å². The molecule has 8 nitrogen and oxygen atoms in total. The maximum atomic E-state index is 14.2. The van der Waals surface area contributed by atoms with Gasteiger partial charge in [0.15, 0.2) is 17.3 Å². The molecule has 0 aromatic heterocycles. The summed E-state index contributed by atoms with van der Waals surface area (Å²) in [5, 5.41) is 10.2. The van der Waals surface area contributed by atoms with Gasteiger partial charge in [0.05, 0.1) is 24.6 Å². The van der Waals surface area contributed by atoms with Gasteiger partial charge in [0, 0.05) is 45.4 Å². The molecular formula is C37H29NO7. The molecule has 0 saturated carbocycles. The number of aromatic hydroxyl groups is 1. The lowest BCUT2D eigenvalue weighted by Crippen LogP contribution is -2.40. The highest BCUT2D eigenvalue weighted by atomic mass is 16.5. The molecule has 1 aliphatic heterocycles. The zero-order valence-electron chi connectivity index (χ0n) is 24.7. The molecule has 1 fully saturated rings. The molecule has 8 heteroatoms. The Balaban J connectivity index is 1.27. The zero-order valence-corrected chi connectivity index (χ0v) is 24.7. The average molecular weight is 600 g/mol. The Bertz CT molecular complexity index is 1920. The predicted molar refractivity (Wildman–Crippen MR) is 165 cm³/mol. The Hall–Kier alpha value is -5.37. The number of hydrogen-bond acceptors (Lipinski definition) is 7. The second-order valence-electron chi connectivity index (χ2n) is 11.9. The Kier molecular flexibility index (Phi) is 6.73. The first-order valence-corrected chi connectivity index (χ1v) is 14.8. The Morgan fingerprint density at radius 1 is 0.889 bits per heavy atom. The summed E-state index contributed by atoms with van der Waals surface area (Å²) < 4.78 is 5.61. The third-order valence-electron chi connectivity index (χ3n) is 9.52. The van der Waals surface area contributed by atoms with Crippen molar-refractivity contribution in [3.63, 3.8) is 0 Å². The molecule has 2 amide bonds. The van der Waals surface area contributed by atoms with Gasteiger partial charge in [-0.15, -0.1) is 0 Å². The van der Waals surface area contributed by atoms with E-state index in [-0.39, 0.29) is 41.3 Å². The van der Waals surface area contributed by atoms with Crippen LogP contribution in [0.3, 0.4) is 0 Å². The number of Topliss-reactive ketones (excluding diaryl/α,β-unsaturated/α-hetero) is 1. The number of hydrogen-bond donors (Lipinski definition) is 1. The minimum Gasteiger partial charge on any atom is -0.508 e. The van der Waals surface area contributed by atoms with Crippen molar-refractivity contribution in [2.75, 3.05) is 12.0 Å². The molecule has 0 spiro atoms. The monoisotopic (exact) mass is 599 g/mol. The van der Waals surface area contributed by atoms with Crippen LogP contribution in [0.25, 0.3) is 0 Å². The number of carbonyl (C=O) groups is 5. The van der Waals surface area contributed by atoms with Gasteiger partial charge in [-0.3, -0.25) is 28.9 Å². The van der Waals surface area contributed by atoms with Gasteiger partial charge in [-0.1, -0.05) is 48.0 Å². The van der Waals surface area contributed by atoms with Gasteiger partial charge in [0.1, 0.15) is 11.5 Å². The van der Waals surface area contributed by atoms with Gasteiger partial charge in [-0.25, -0.2) is 0 Å². The first-order valence-electron chi connectivity index (χ1n) is 14.8. The van der Waals surface area contributed by atoms with Crippen molar-refractivity contribution >= 4 is 34.9 Å². The normalized spacial score (nSPS) is 24.1. The van der Waals surface area contributed by atoms with Crippen LogP contribution >= 0.6 is 0 Å². The fourth-order valence-electron chi connectivity index (χ4n) is 7.43. The molecule has 1 heterocycles. The van der Waals surface area contributed by atoms with Gasteiger partial charge in [-0.05, 0) is 62.1 Å². The number of carbonyl (C=O) groups excluding carboxylic acids is 5. The van der Waals surface area contributed by atoms with Crippen LogP contribution in [-0.2, 0) is 19.2 Å². The van der Waals surface area contributed by atoms with Crippen molar-refractivity contribution in [3.8, 4) is 11.5 Å². The van der Waals surface area contributed by atoms with E-state index in [9.17, 15) is 29.1 Å². The van der Waals surface area contributed by atoms with Crippen molar-refractivity contribution in [3.05, 3.63) is 124 Å². The molecule has 224 valence electrons. The van der Waals surface area contributed by atoms with Crippen LogP contribution in [-0.4, -0.2) is 41.4 Å². The molecule has 3 aromatic carbocycles. The minimum atomic E-state index is -0.738. The number of imide groups is 1. The first kappa shape index (κ1) is 28.4. The molecule has 0 radical (unpaired) electrons. The van der Waals surface area contributed by atoms with Crippen LogP contribution in [0.15, 0.2) is 107 Å². The fourth-order valence-corrected chi connectivity index (χ4v) is 7.43. The number of methoxy groups -OCH3 is 1. The molecule has 3 aliphatic carbocycles. The zero-order chi connectivity index (χ0) is 31.6. The molecule has 4 atom stereocenters. The number of allylic oxidation sites excluding steroid dienone is 6. The van der Waals surface area contributed by atoms with Crippen LogP contribution < -0.4 is 9.64 Å².